The zero-order valence-electron chi connectivity index (χ0n) is 26.1. The molecule has 0 atom stereocenters. The molecule has 214 valence electrons. The van der Waals surface area contributed by atoms with Crippen molar-refractivity contribution in [1.82, 2.24) is 9.55 Å². The lowest BCUT2D eigenvalue weighted by atomic mass is 9.88. The monoisotopic (exact) mass is 578 g/mol. The Hall–Kier alpha value is -4.21. The minimum atomic E-state index is 0.332. The van der Waals surface area contributed by atoms with Gasteiger partial charge in [0.05, 0.1) is 16.7 Å². The van der Waals surface area contributed by atoms with Crippen molar-refractivity contribution in [3.05, 3.63) is 119 Å². The number of benzene rings is 5. The lowest BCUT2D eigenvalue weighted by Gasteiger charge is -2.24. The summed E-state index contributed by atoms with van der Waals surface area (Å²) in [4.78, 5) is 5.40. The highest BCUT2D eigenvalue weighted by Crippen LogP contribution is 2.45. The van der Waals surface area contributed by atoms with Gasteiger partial charge in [0.15, 0.2) is 0 Å². The normalized spacial score (nSPS) is 12.0. The first-order valence-electron chi connectivity index (χ1n) is 15.4. The molecule has 0 N–H and O–H groups in total. The summed E-state index contributed by atoms with van der Waals surface area (Å²) >= 11 is 1.90. The van der Waals surface area contributed by atoms with Gasteiger partial charge in [0.1, 0.15) is 5.82 Å². The summed E-state index contributed by atoms with van der Waals surface area (Å²) in [6, 6.07) is 33.6. The smallest absolute Gasteiger partial charge is 0.147 e. The van der Waals surface area contributed by atoms with Crippen LogP contribution in [0.1, 0.15) is 67.3 Å². The van der Waals surface area contributed by atoms with Crippen molar-refractivity contribution in [3.63, 3.8) is 0 Å². The number of nitrogens with zero attached hydrogens (tertiary/aromatic N) is 2. The lowest BCUT2D eigenvalue weighted by Crippen LogP contribution is -2.09. The molecule has 0 bridgehead atoms. The van der Waals surface area contributed by atoms with Gasteiger partial charge in [-0.15, -0.1) is 11.3 Å². The SMILES string of the molecule is Cc1cc2sc3c(-c4nc5ccccc5n4-c4c(C(C)C)cc(-c5ccccc5)cc4C(C)C)ccc(C)c3c2cc1C. The molecule has 2 heterocycles. The molecule has 5 aromatic carbocycles. The molecule has 0 aliphatic carbocycles. The summed E-state index contributed by atoms with van der Waals surface area (Å²) in [5.74, 6) is 1.68. The molecular weight excluding hydrogens is 541 g/mol. The maximum absolute atomic E-state index is 5.40. The van der Waals surface area contributed by atoms with E-state index in [1.807, 2.05) is 11.3 Å². The summed E-state index contributed by atoms with van der Waals surface area (Å²) in [5, 5.41) is 2.70. The van der Waals surface area contributed by atoms with Crippen molar-refractivity contribution in [2.75, 3.05) is 0 Å². The molecule has 0 saturated heterocycles. The Morgan fingerprint density at radius 1 is 0.651 bits per heavy atom. The van der Waals surface area contributed by atoms with Crippen LogP contribution in [-0.2, 0) is 0 Å². The first-order chi connectivity index (χ1) is 20.7. The van der Waals surface area contributed by atoms with Gasteiger partial charge in [-0.3, -0.25) is 4.57 Å². The third-order valence-corrected chi connectivity index (χ3v) is 10.2. The van der Waals surface area contributed by atoms with Gasteiger partial charge in [0, 0.05) is 25.7 Å². The molecule has 2 aromatic heterocycles. The molecule has 0 saturated carbocycles. The van der Waals surface area contributed by atoms with E-state index in [-0.39, 0.29) is 0 Å². The maximum atomic E-state index is 5.40. The summed E-state index contributed by atoms with van der Waals surface area (Å²) in [5.41, 5.74) is 13.9. The number of imidazole rings is 1. The number of thiophene rings is 1. The van der Waals surface area contributed by atoms with Crippen LogP contribution in [0.5, 0.6) is 0 Å². The Bertz CT molecular complexity index is 2130. The maximum Gasteiger partial charge on any atom is 0.147 e. The molecule has 3 heteroatoms. The van der Waals surface area contributed by atoms with Crippen molar-refractivity contribution >= 4 is 42.5 Å². The van der Waals surface area contributed by atoms with Gasteiger partial charge in [-0.1, -0.05) is 76.2 Å². The first kappa shape index (κ1) is 27.6. The Morgan fingerprint density at radius 2 is 1.30 bits per heavy atom. The van der Waals surface area contributed by atoms with Gasteiger partial charge < -0.3 is 0 Å². The second-order valence-corrected chi connectivity index (χ2v) is 13.7. The van der Waals surface area contributed by atoms with Crippen molar-refractivity contribution in [1.29, 1.82) is 0 Å². The highest BCUT2D eigenvalue weighted by molar-refractivity contribution is 7.26. The van der Waals surface area contributed by atoms with Crippen LogP contribution in [-0.4, -0.2) is 9.55 Å². The molecule has 0 radical (unpaired) electrons. The molecular formula is C40H38N2S. The fourth-order valence-corrected chi connectivity index (χ4v) is 7.90. The van der Waals surface area contributed by atoms with Crippen LogP contribution in [0.15, 0.2) is 91.0 Å². The fraction of sp³-hybridized carbons (Fsp3) is 0.225. The fourth-order valence-electron chi connectivity index (χ4n) is 6.53. The zero-order valence-corrected chi connectivity index (χ0v) is 26.9. The largest absolute Gasteiger partial charge is 0.292 e. The predicted octanol–water partition coefficient (Wildman–Crippen LogP) is 11.9. The van der Waals surface area contributed by atoms with Gasteiger partial charge >= 0.3 is 0 Å². The highest BCUT2D eigenvalue weighted by atomic mass is 32.1. The average molecular weight is 579 g/mol. The van der Waals surface area contributed by atoms with E-state index in [2.05, 4.69) is 144 Å². The third-order valence-electron chi connectivity index (χ3n) is 8.99. The zero-order chi connectivity index (χ0) is 30.0. The standard InChI is InChI=1S/C40H38N2S/c1-23(2)31-21-29(28-13-9-8-10-14-28)22-32(24(3)4)38(31)42-35-16-12-11-15-34(35)41-40(42)30-18-17-25(5)37-33-19-26(6)27(7)20-36(33)43-39(30)37/h8-24H,1-7H3. The second-order valence-electron chi connectivity index (χ2n) is 12.6. The van der Waals surface area contributed by atoms with E-state index in [0.717, 1.165) is 16.9 Å². The highest BCUT2D eigenvalue weighted by Gasteiger charge is 2.25. The topological polar surface area (TPSA) is 17.8 Å². The van der Waals surface area contributed by atoms with E-state index in [1.54, 1.807) is 0 Å². The van der Waals surface area contributed by atoms with Crippen molar-refractivity contribution < 1.29 is 0 Å². The number of hydrogen-bond donors (Lipinski definition) is 0. The minimum Gasteiger partial charge on any atom is -0.292 e. The van der Waals surface area contributed by atoms with E-state index < -0.39 is 0 Å². The molecule has 7 aromatic rings. The van der Waals surface area contributed by atoms with Gasteiger partial charge in [0.25, 0.3) is 0 Å². The Morgan fingerprint density at radius 3 is 2.00 bits per heavy atom. The molecule has 0 fully saturated rings. The summed E-state index contributed by atoms with van der Waals surface area (Å²) in [6.07, 6.45) is 0. The number of para-hydroxylation sites is 2. The third kappa shape index (κ3) is 4.49. The summed E-state index contributed by atoms with van der Waals surface area (Å²) < 4.78 is 5.13. The van der Waals surface area contributed by atoms with Crippen LogP contribution >= 0.6 is 11.3 Å². The van der Waals surface area contributed by atoms with Crippen LogP contribution in [0, 0.1) is 20.8 Å². The van der Waals surface area contributed by atoms with Gasteiger partial charge in [-0.05, 0) is 114 Å². The molecule has 7 rings (SSSR count). The molecule has 0 aliphatic rings. The molecule has 0 aliphatic heterocycles. The summed E-state index contributed by atoms with van der Waals surface area (Å²) in [6.45, 7) is 15.9. The van der Waals surface area contributed by atoms with E-state index in [4.69, 9.17) is 4.98 Å². The Balaban J connectivity index is 1.60. The molecule has 2 nitrogen and oxygen atoms in total. The average Bonchev–Trinajstić information content (AvgIpc) is 3.56. The number of rotatable bonds is 5. The van der Waals surface area contributed by atoms with E-state index in [1.165, 1.54) is 70.4 Å². The van der Waals surface area contributed by atoms with E-state index in [9.17, 15) is 0 Å². The second kappa shape index (κ2) is 10.5. The van der Waals surface area contributed by atoms with Gasteiger partial charge in [-0.25, -0.2) is 4.98 Å². The van der Waals surface area contributed by atoms with Gasteiger partial charge in [-0.2, -0.15) is 0 Å². The quantitative estimate of drug-likeness (QED) is 0.199. The van der Waals surface area contributed by atoms with Crippen molar-refractivity contribution in [2.24, 2.45) is 0 Å². The summed E-state index contributed by atoms with van der Waals surface area (Å²) in [7, 11) is 0. The van der Waals surface area contributed by atoms with Crippen LogP contribution in [0.4, 0.5) is 0 Å². The Kier molecular flexibility index (Phi) is 6.74. The van der Waals surface area contributed by atoms with Crippen molar-refractivity contribution in [3.8, 4) is 28.2 Å². The van der Waals surface area contributed by atoms with Crippen LogP contribution < -0.4 is 0 Å². The number of hydrogen-bond acceptors (Lipinski definition) is 2. The van der Waals surface area contributed by atoms with Gasteiger partial charge in [0.2, 0.25) is 0 Å². The predicted molar refractivity (Wildman–Crippen MR) is 187 cm³/mol. The number of fused-ring (bicyclic) bond motifs is 4. The van der Waals surface area contributed by atoms with E-state index >= 15 is 0 Å². The minimum absolute atomic E-state index is 0.332. The van der Waals surface area contributed by atoms with E-state index in [0.29, 0.717) is 11.8 Å². The lowest BCUT2D eigenvalue weighted by molar-refractivity contribution is 0.812. The van der Waals surface area contributed by atoms with Crippen LogP contribution in [0.2, 0.25) is 0 Å². The molecule has 43 heavy (non-hydrogen) atoms. The van der Waals surface area contributed by atoms with Crippen LogP contribution in [0.3, 0.4) is 0 Å². The molecule has 0 amide bonds. The number of aromatic nitrogens is 2. The molecule has 0 spiro atoms. The molecule has 0 unspecified atom stereocenters. The first-order valence-corrected chi connectivity index (χ1v) is 16.2. The van der Waals surface area contributed by atoms with Crippen LogP contribution in [0.25, 0.3) is 59.4 Å². The van der Waals surface area contributed by atoms with Crippen molar-refractivity contribution in [2.45, 2.75) is 60.3 Å². The Labute approximate surface area is 258 Å². The number of aryl methyl sites for hydroxylation is 3.